The van der Waals surface area contributed by atoms with Gasteiger partial charge in [0.25, 0.3) is 0 Å². The van der Waals surface area contributed by atoms with E-state index in [1.54, 1.807) is 0 Å². The molecular formula is C20H23ClN2O. The molecule has 0 unspecified atom stereocenters. The normalized spacial score (nSPS) is 16.8. The van der Waals surface area contributed by atoms with Gasteiger partial charge in [-0.1, -0.05) is 54.1 Å². The van der Waals surface area contributed by atoms with Gasteiger partial charge >= 0.3 is 0 Å². The second-order valence-corrected chi connectivity index (χ2v) is 6.84. The Kier molecular flexibility index (Phi) is 5.54. The first-order valence-electron chi connectivity index (χ1n) is 8.40. The minimum Gasteiger partial charge on any atom is -0.340 e. The van der Waals surface area contributed by atoms with Gasteiger partial charge in [0.2, 0.25) is 5.91 Å². The van der Waals surface area contributed by atoms with Gasteiger partial charge < -0.3 is 9.80 Å². The molecule has 1 amide bonds. The molecule has 0 aliphatic carbocycles. The number of amides is 1. The Balaban J connectivity index is 1.80. The Morgan fingerprint density at radius 1 is 0.958 bits per heavy atom. The third kappa shape index (κ3) is 4.16. The highest BCUT2D eigenvalue weighted by Gasteiger charge is 2.24. The standard InChI is InChI=1S/C20H23ClN2O/c1-22-11-13-23(14-12-22)20(24)15-19(16-5-3-2-4-6-16)17-7-9-18(21)10-8-17/h2-10,19H,11-15H2,1H3/t19-/m0/s1. The number of halogens is 1. The number of piperazine rings is 1. The fraction of sp³-hybridized carbons (Fsp3) is 0.350. The summed E-state index contributed by atoms with van der Waals surface area (Å²) in [5.74, 6) is 0.294. The zero-order chi connectivity index (χ0) is 16.9. The number of hydrogen-bond acceptors (Lipinski definition) is 2. The molecule has 126 valence electrons. The van der Waals surface area contributed by atoms with Gasteiger partial charge in [-0.05, 0) is 30.3 Å². The SMILES string of the molecule is CN1CCN(C(=O)C[C@@H](c2ccccc2)c2ccc(Cl)cc2)CC1. The molecule has 1 fully saturated rings. The van der Waals surface area contributed by atoms with Gasteiger partial charge in [0, 0.05) is 43.5 Å². The minimum absolute atomic E-state index is 0.0654. The van der Waals surface area contributed by atoms with Crippen molar-refractivity contribution >= 4 is 17.5 Å². The molecule has 0 N–H and O–H groups in total. The Morgan fingerprint density at radius 3 is 2.17 bits per heavy atom. The lowest BCUT2D eigenvalue weighted by molar-refractivity contribution is -0.133. The van der Waals surface area contributed by atoms with E-state index < -0.39 is 0 Å². The Hall–Kier alpha value is -1.84. The van der Waals surface area contributed by atoms with Gasteiger partial charge in [0.1, 0.15) is 0 Å². The molecule has 0 bridgehead atoms. The largest absolute Gasteiger partial charge is 0.340 e. The lowest BCUT2D eigenvalue weighted by Crippen LogP contribution is -2.47. The highest BCUT2D eigenvalue weighted by molar-refractivity contribution is 6.30. The van der Waals surface area contributed by atoms with E-state index in [0.717, 1.165) is 36.8 Å². The van der Waals surface area contributed by atoms with Crippen LogP contribution in [0.5, 0.6) is 0 Å². The molecule has 3 nitrogen and oxygen atoms in total. The Labute approximate surface area is 148 Å². The van der Waals surface area contributed by atoms with Crippen LogP contribution in [0.15, 0.2) is 54.6 Å². The smallest absolute Gasteiger partial charge is 0.223 e. The monoisotopic (exact) mass is 342 g/mol. The maximum atomic E-state index is 12.8. The van der Waals surface area contributed by atoms with Crippen LogP contribution in [-0.2, 0) is 4.79 Å². The van der Waals surface area contributed by atoms with E-state index in [2.05, 4.69) is 24.1 Å². The molecule has 2 aromatic carbocycles. The van der Waals surface area contributed by atoms with Crippen molar-refractivity contribution in [3.8, 4) is 0 Å². The van der Waals surface area contributed by atoms with E-state index in [1.807, 2.05) is 47.4 Å². The van der Waals surface area contributed by atoms with E-state index in [-0.39, 0.29) is 11.8 Å². The van der Waals surface area contributed by atoms with Crippen LogP contribution in [-0.4, -0.2) is 48.9 Å². The van der Waals surface area contributed by atoms with Gasteiger partial charge in [0.05, 0.1) is 0 Å². The molecule has 1 aliphatic heterocycles. The summed E-state index contributed by atoms with van der Waals surface area (Å²) in [6.07, 6.45) is 0.495. The third-order valence-corrected chi connectivity index (χ3v) is 4.96. The first kappa shape index (κ1) is 17.0. The van der Waals surface area contributed by atoms with E-state index in [1.165, 1.54) is 5.56 Å². The van der Waals surface area contributed by atoms with Crippen LogP contribution >= 0.6 is 11.6 Å². The summed E-state index contributed by atoms with van der Waals surface area (Å²) in [6.45, 7) is 3.53. The number of carbonyl (C=O) groups is 1. The summed E-state index contributed by atoms with van der Waals surface area (Å²) in [7, 11) is 2.10. The molecule has 4 heteroatoms. The minimum atomic E-state index is 0.0654. The fourth-order valence-electron chi connectivity index (χ4n) is 3.17. The zero-order valence-corrected chi connectivity index (χ0v) is 14.7. The van der Waals surface area contributed by atoms with E-state index in [0.29, 0.717) is 6.42 Å². The number of likely N-dealkylation sites (N-methyl/N-ethyl adjacent to an activating group) is 1. The lowest BCUT2D eigenvalue weighted by atomic mass is 9.88. The first-order valence-corrected chi connectivity index (χ1v) is 8.78. The van der Waals surface area contributed by atoms with Crippen molar-refractivity contribution in [2.24, 2.45) is 0 Å². The van der Waals surface area contributed by atoms with E-state index >= 15 is 0 Å². The molecule has 0 spiro atoms. The average molecular weight is 343 g/mol. The first-order chi connectivity index (χ1) is 11.6. The topological polar surface area (TPSA) is 23.6 Å². The third-order valence-electron chi connectivity index (χ3n) is 4.71. The molecule has 1 saturated heterocycles. The number of nitrogens with zero attached hydrogens (tertiary/aromatic N) is 2. The van der Waals surface area contributed by atoms with Crippen molar-refractivity contribution < 1.29 is 4.79 Å². The molecule has 0 aromatic heterocycles. The van der Waals surface area contributed by atoms with Crippen LogP contribution in [0.1, 0.15) is 23.5 Å². The predicted octanol–water partition coefficient (Wildman–Crippen LogP) is 3.64. The van der Waals surface area contributed by atoms with Crippen molar-refractivity contribution in [2.75, 3.05) is 33.2 Å². The second kappa shape index (κ2) is 7.82. The summed E-state index contributed by atoms with van der Waals surface area (Å²) >= 11 is 6.02. The Bertz CT molecular complexity index is 664. The van der Waals surface area contributed by atoms with Crippen molar-refractivity contribution in [3.63, 3.8) is 0 Å². The highest BCUT2D eigenvalue weighted by atomic mass is 35.5. The fourth-order valence-corrected chi connectivity index (χ4v) is 3.29. The lowest BCUT2D eigenvalue weighted by Gasteiger charge is -2.33. The molecule has 1 aliphatic rings. The number of hydrogen-bond donors (Lipinski definition) is 0. The van der Waals surface area contributed by atoms with Crippen LogP contribution in [0.4, 0.5) is 0 Å². The number of rotatable bonds is 4. The van der Waals surface area contributed by atoms with Crippen molar-refractivity contribution in [1.29, 1.82) is 0 Å². The molecule has 0 saturated carbocycles. The van der Waals surface area contributed by atoms with Gasteiger partial charge in [0.15, 0.2) is 0 Å². The molecule has 0 radical (unpaired) electrons. The molecular weight excluding hydrogens is 320 g/mol. The van der Waals surface area contributed by atoms with Gasteiger partial charge in [-0.2, -0.15) is 0 Å². The van der Waals surface area contributed by atoms with Crippen LogP contribution in [0.25, 0.3) is 0 Å². The van der Waals surface area contributed by atoms with Gasteiger partial charge in [-0.25, -0.2) is 0 Å². The summed E-state index contributed by atoms with van der Waals surface area (Å²) in [5, 5.41) is 0.718. The Morgan fingerprint density at radius 2 is 1.54 bits per heavy atom. The summed E-state index contributed by atoms with van der Waals surface area (Å²) < 4.78 is 0. The maximum Gasteiger partial charge on any atom is 0.223 e. The van der Waals surface area contributed by atoms with Crippen LogP contribution in [0.2, 0.25) is 5.02 Å². The second-order valence-electron chi connectivity index (χ2n) is 6.40. The maximum absolute atomic E-state index is 12.8. The molecule has 1 heterocycles. The van der Waals surface area contributed by atoms with Gasteiger partial charge in [-0.15, -0.1) is 0 Å². The highest BCUT2D eigenvalue weighted by Crippen LogP contribution is 2.29. The summed E-state index contributed by atoms with van der Waals surface area (Å²) in [5.41, 5.74) is 2.30. The van der Waals surface area contributed by atoms with Crippen LogP contribution < -0.4 is 0 Å². The summed E-state index contributed by atoms with van der Waals surface area (Å²) in [6, 6.07) is 18.1. The quantitative estimate of drug-likeness (QED) is 0.847. The van der Waals surface area contributed by atoms with E-state index in [4.69, 9.17) is 11.6 Å². The van der Waals surface area contributed by atoms with Crippen LogP contribution in [0, 0.1) is 0 Å². The van der Waals surface area contributed by atoms with Crippen LogP contribution in [0.3, 0.4) is 0 Å². The van der Waals surface area contributed by atoms with Gasteiger partial charge in [-0.3, -0.25) is 4.79 Å². The van der Waals surface area contributed by atoms with Crippen molar-refractivity contribution in [2.45, 2.75) is 12.3 Å². The zero-order valence-electron chi connectivity index (χ0n) is 14.0. The summed E-state index contributed by atoms with van der Waals surface area (Å²) in [4.78, 5) is 17.1. The molecule has 1 atom stereocenters. The molecule has 3 rings (SSSR count). The number of carbonyl (C=O) groups excluding carboxylic acids is 1. The molecule has 2 aromatic rings. The van der Waals surface area contributed by atoms with E-state index in [9.17, 15) is 4.79 Å². The number of benzene rings is 2. The molecule has 24 heavy (non-hydrogen) atoms. The van der Waals surface area contributed by atoms with Crippen molar-refractivity contribution in [3.05, 3.63) is 70.7 Å². The van der Waals surface area contributed by atoms with Crippen molar-refractivity contribution in [1.82, 2.24) is 9.80 Å². The average Bonchev–Trinajstić information content (AvgIpc) is 2.62. The predicted molar refractivity (Wildman–Crippen MR) is 98.4 cm³/mol.